The van der Waals surface area contributed by atoms with Gasteiger partial charge in [0.2, 0.25) is 0 Å². The summed E-state index contributed by atoms with van der Waals surface area (Å²) in [6.07, 6.45) is 1.03. The molecule has 140 valence electrons. The first-order chi connectivity index (χ1) is 12.7. The van der Waals surface area contributed by atoms with Crippen LogP contribution in [0.15, 0.2) is 36.5 Å². The number of carboxylic acid groups (broad SMARTS) is 1. The summed E-state index contributed by atoms with van der Waals surface area (Å²) in [5, 5.41) is 16.7. The van der Waals surface area contributed by atoms with E-state index in [0.29, 0.717) is 22.3 Å². The Morgan fingerprint density at radius 2 is 1.96 bits per heavy atom. The number of nitrogens with one attached hydrogen (secondary N) is 1. The molecule has 2 heterocycles. The van der Waals surface area contributed by atoms with Gasteiger partial charge in [-0.2, -0.15) is 5.10 Å². The second kappa shape index (κ2) is 6.71. The molecule has 0 aliphatic rings. The summed E-state index contributed by atoms with van der Waals surface area (Å²) in [7, 11) is 1.64. The molecule has 0 aliphatic heterocycles. The number of rotatable bonds is 3. The van der Waals surface area contributed by atoms with Gasteiger partial charge in [-0.3, -0.25) is 5.32 Å². The summed E-state index contributed by atoms with van der Waals surface area (Å²) in [5.74, 6) is -1.13. The highest BCUT2D eigenvalue weighted by molar-refractivity contribution is 6.07. The van der Waals surface area contributed by atoms with E-state index in [9.17, 15) is 14.7 Å². The molecule has 1 aromatic carbocycles. The molecule has 1 amide bonds. The molecule has 27 heavy (non-hydrogen) atoms. The third kappa shape index (κ3) is 3.89. The van der Waals surface area contributed by atoms with Crippen LogP contribution in [0.25, 0.3) is 22.2 Å². The second-order valence-corrected chi connectivity index (χ2v) is 7.04. The lowest BCUT2D eigenvalue weighted by molar-refractivity contribution is 0.0634. The molecule has 0 atom stereocenters. The zero-order chi connectivity index (χ0) is 19.8. The maximum atomic E-state index is 12.0. The number of anilines is 1. The third-order valence-corrected chi connectivity index (χ3v) is 3.75. The van der Waals surface area contributed by atoms with E-state index in [4.69, 9.17) is 4.74 Å². The Kier molecular flexibility index (Phi) is 4.57. The molecule has 8 heteroatoms. The SMILES string of the molecule is Cn1nc(C(=O)O)c2c(-c3cccc(NC(=O)OC(C)(C)C)c3)ccnc21. The highest BCUT2D eigenvalue weighted by Crippen LogP contribution is 2.31. The van der Waals surface area contributed by atoms with Crippen molar-refractivity contribution >= 4 is 28.8 Å². The predicted molar refractivity (Wildman–Crippen MR) is 101 cm³/mol. The number of benzene rings is 1. The lowest BCUT2D eigenvalue weighted by Gasteiger charge is -2.19. The average molecular weight is 368 g/mol. The number of aromatic carboxylic acids is 1. The van der Waals surface area contributed by atoms with Crippen molar-refractivity contribution in [3.05, 3.63) is 42.2 Å². The van der Waals surface area contributed by atoms with Gasteiger partial charge in [0.15, 0.2) is 11.3 Å². The highest BCUT2D eigenvalue weighted by Gasteiger charge is 2.20. The first kappa shape index (κ1) is 18.4. The van der Waals surface area contributed by atoms with E-state index >= 15 is 0 Å². The Bertz CT molecular complexity index is 1030. The van der Waals surface area contributed by atoms with Gasteiger partial charge in [-0.05, 0) is 50.1 Å². The van der Waals surface area contributed by atoms with Crippen LogP contribution in [0.5, 0.6) is 0 Å². The first-order valence-corrected chi connectivity index (χ1v) is 8.31. The van der Waals surface area contributed by atoms with E-state index in [2.05, 4.69) is 15.4 Å². The predicted octanol–water partition coefficient (Wildman–Crippen LogP) is 3.68. The summed E-state index contributed by atoms with van der Waals surface area (Å²) in [6, 6.07) is 8.80. The molecule has 0 fully saturated rings. The number of ether oxygens (including phenoxy) is 1. The van der Waals surface area contributed by atoms with Crippen molar-refractivity contribution in [1.29, 1.82) is 0 Å². The number of hydrogen-bond donors (Lipinski definition) is 2. The van der Waals surface area contributed by atoms with Crippen LogP contribution in [0, 0.1) is 0 Å². The van der Waals surface area contributed by atoms with Crippen LogP contribution in [0.3, 0.4) is 0 Å². The Labute approximate surface area is 155 Å². The number of aryl methyl sites for hydroxylation is 1. The molecular formula is C19H20N4O4. The Morgan fingerprint density at radius 1 is 1.22 bits per heavy atom. The third-order valence-electron chi connectivity index (χ3n) is 3.75. The maximum Gasteiger partial charge on any atom is 0.412 e. The van der Waals surface area contributed by atoms with Gasteiger partial charge in [-0.25, -0.2) is 19.3 Å². The molecule has 8 nitrogen and oxygen atoms in total. The number of pyridine rings is 1. The van der Waals surface area contributed by atoms with Crippen molar-refractivity contribution in [2.45, 2.75) is 26.4 Å². The summed E-state index contributed by atoms with van der Waals surface area (Å²) in [5.41, 5.74) is 1.72. The summed E-state index contributed by atoms with van der Waals surface area (Å²) in [6.45, 7) is 5.35. The Hall–Kier alpha value is -3.42. The smallest absolute Gasteiger partial charge is 0.412 e. The number of aromatic nitrogens is 3. The fourth-order valence-corrected chi connectivity index (χ4v) is 2.75. The van der Waals surface area contributed by atoms with Gasteiger partial charge in [0, 0.05) is 18.9 Å². The van der Waals surface area contributed by atoms with Crippen LogP contribution >= 0.6 is 0 Å². The fraction of sp³-hybridized carbons (Fsp3) is 0.263. The van der Waals surface area contributed by atoms with Crippen LogP contribution in [0.4, 0.5) is 10.5 Å². The molecular weight excluding hydrogens is 348 g/mol. The molecule has 0 aliphatic carbocycles. The average Bonchev–Trinajstić information content (AvgIpc) is 2.91. The first-order valence-electron chi connectivity index (χ1n) is 8.31. The van der Waals surface area contributed by atoms with Gasteiger partial charge in [0.1, 0.15) is 5.60 Å². The Morgan fingerprint density at radius 3 is 2.63 bits per heavy atom. The van der Waals surface area contributed by atoms with Crippen molar-refractivity contribution < 1.29 is 19.4 Å². The van der Waals surface area contributed by atoms with Crippen LogP contribution < -0.4 is 5.32 Å². The maximum absolute atomic E-state index is 12.0. The van der Waals surface area contributed by atoms with Crippen LogP contribution in [-0.4, -0.2) is 37.5 Å². The van der Waals surface area contributed by atoms with E-state index in [0.717, 1.165) is 5.56 Å². The van der Waals surface area contributed by atoms with E-state index in [1.165, 1.54) is 4.68 Å². The van der Waals surface area contributed by atoms with Crippen molar-refractivity contribution in [3.8, 4) is 11.1 Å². The lowest BCUT2D eigenvalue weighted by atomic mass is 10.0. The minimum absolute atomic E-state index is 0.0684. The molecule has 0 radical (unpaired) electrons. The molecule has 3 aromatic rings. The number of fused-ring (bicyclic) bond motifs is 1. The molecule has 2 aromatic heterocycles. The standard InChI is InChI=1S/C19H20N4O4/c1-19(2,3)27-18(26)21-12-7-5-6-11(10-12)13-8-9-20-16-14(13)15(17(24)25)22-23(16)4/h5-10H,1-4H3,(H,21,26)(H,24,25). The zero-order valence-electron chi connectivity index (χ0n) is 15.5. The second-order valence-electron chi connectivity index (χ2n) is 7.04. The van der Waals surface area contributed by atoms with E-state index in [1.54, 1.807) is 58.3 Å². The normalized spacial score (nSPS) is 11.4. The molecule has 3 rings (SSSR count). The molecule has 0 saturated heterocycles. The van der Waals surface area contributed by atoms with Gasteiger partial charge in [-0.1, -0.05) is 12.1 Å². The van der Waals surface area contributed by atoms with Gasteiger partial charge in [-0.15, -0.1) is 0 Å². The van der Waals surface area contributed by atoms with Crippen molar-refractivity contribution in [2.75, 3.05) is 5.32 Å². The number of carboxylic acids is 1. The molecule has 0 unspecified atom stereocenters. The van der Waals surface area contributed by atoms with Crippen molar-refractivity contribution in [1.82, 2.24) is 14.8 Å². The molecule has 0 spiro atoms. The van der Waals surface area contributed by atoms with Crippen molar-refractivity contribution in [3.63, 3.8) is 0 Å². The van der Waals surface area contributed by atoms with E-state index in [-0.39, 0.29) is 5.69 Å². The van der Waals surface area contributed by atoms with Crippen molar-refractivity contribution in [2.24, 2.45) is 7.05 Å². The van der Waals surface area contributed by atoms with E-state index < -0.39 is 17.7 Å². The number of carbonyl (C=O) groups excluding carboxylic acids is 1. The number of hydrogen-bond acceptors (Lipinski definition) is 5. The van der Waals surface area contributed by atoms with Crippen LogP contribution in [-0.2, 0) is 11.8 Å². The topological polar surface area (TPSA) is 106 Å². The largest absolute Gasteiger partial charge is 0.476 e. The molecule has 0 saturated carbocycles. The van der Waals surface area contributed by atoms with Crippen LogP contribution in [0.1, 0.15) is 31.3 Å². The van der Waals surface area contributed by atoms with Gasteiger partial charge >= 0.3 is 12.1 Å². The minimum atomic E-state index is -1.13. The highest BCUT2D eigenvalue weighted by atomic mass is 16.6. The number of carbonyl (C=O) groups is 2. The number of nitrogens with zero attached hydrogens (tertiary/aromatic N) is 3. The zero-order valence-corrected chi connectivity index (χ0v) is 15.5. The van der Waals surface area contributed by atoms with Gasteiger partial charge in [0.05, 0.1) is 5.39 Å². The monoisotopic (exact) mass is 368 g/mol. The minimum Gasteiger partial charge on any atom is -0.476 e. The quantitative estimate of drug-likeness (QED) is 0.730. The summed E-state index contributed by atoms with van der Waals surface area (Å²) in [4.78, 5) is 27.8. The summed E-state index contributed by atoms with van der Waals surface area (Å²) < 4.78 is 6.70. The fourth-order valence-electron chi connectivity index (χ4n) is 2.75. The lowest BCUT2D eigenvalue weighted by Crippen LogP contribution is -2.27. The molecule has 0 bridgehead atoms. The van der Waals surface area contributed by atoms with Gasteiger partial charge in [0.25, 0.3) is 0 Å². The number of amides is 1. The Balaban J connectivity index is 2.03. The van der Waals surface area contributed by atoms with Gasteiger partial charge < -0.3 is 9.84 Å². The molecule has 2 N–H and O–H groups in total. The van der Waals surface area contributed by atoms with E-state index in [1.807, 2.05) is 6.07 Å². The van der Waals surface area contributed by atoms with Crippen LogP contribution in [0.2, 0.25) is 0 Å². The summed E-state index contributed by atoms with van der Waals surface area (Å²) >= 11 is 0.